The van der Waals surface area contributed by atoms with E-state index in [0.29, 0.717) is 17.0 Å². The zero-order valence-corrected chi connectivity index (χ0v) is 13.9. The van der Waals surface area contributed by atoms with Gasteiger partial charge in [-0.1, -0.05) is 26.0 Å². The lowest BCUT2D eigenvalue weighted by Crippen LogP contribution is -2.14. The first-order valence-corrected chi connectivity index (χ1v) is 9.59. The molecule has 2 aromatic rings. The van der Waals surface area contributed by atoms with Crippen molar-refractivity contribution in [1.82, 2.24) is 4.98 Å². The van der Waals surface area contributed by atoms with E-state index in [1.807, 2.05) is 24.4 Å². The maximum absolute atomic E-state index is 12.4. The van der Waals surface area contributed by atoms with Gasteiger partial charge in [0.25, 0.3) is 0 Å². The molecule has 1 aromatic carbocycles. The molecule has 0 aliphatic carbocycles. The van der Waals surface area contributed by atoms with E-state index in [0.717, 1.165) is 11.4 Å². The van der Waals surface area contributed by atoms with Crippen molar-refractivity contribution < 1.29 is 8.42 Å². The number of benzene rings is 1. The third-order valence-electron chi connectivity index (χ3n) is 3.18. The van der Waals surface area contributed by atoms with Crippen LogP contribution in [0.25, 0.3) is 0 Å². The Kier molecular flexibility index (Phi) is 5.36. The van der Waals surface area contributed by atoms with E-state index in [4.69, 9.17) is 0 Å². The van der Waals surface area contributed by atoms with Crippen LogP contribution < -0.4 is 5.32 Å². The molecule has 21 heavy (non-hydrogen) atoms. The van der Waals surface area contributed by atoms with Gasteiger partial charge in [-0.25, -0.2) is 13.4 Å². The quantitative estimate of drug-likeness (QED) is 0.839. The van der Waals surface area contributed by atoms with Gasteiger partial charge < -0.3 is 5.32 Å². The van der Waals surface area contributed by atoms with Gasteiger partial charge in [-0.3, -0.25) is 0 Å². The molecule has 2 rings (SSSR count). The Labute approximate surface area is 130 Å². The van der Waals surface area contributed by atoms with Gasteiger partial charge in [0.15, 0.2) is 9.84 Å². The minimum atomic E-state index is -3.24. The Morgan fingerprint density at radius 2 is 2.05 bits per heavy atom. The Morgan fingerprint density at radius 3 is 2.67 bits per heavy atom. The molecule has 0 spiro atoms. The summed E-state index contributed by atoms with van der Waals surface area (Å²) in [5.74, 6) is 0.166. The van der Waals surface area contributed by atoms with E-state index < -0.39 is 9.84 Å². The van der Waals surface area contributed by atoms with Crippen LogP contribution in [-0.2, 0) is 9.84 Å². The van der Waals surface area contributed by atoms with Crippen molar-refractivity contribution in [2.24, 2.45) is 0 Å². The van der Waals surface area contributed by atoms with Gasteiger partial charge in [0.1, 0.15) is 5.01 Å². The molecule has 0 bridgehead atoms. The number of nitrogens with zero attached hydrogens (tertiary/aromatic N) is 1. The predicted molar refractivity (Wildman–Crippen MR) is 87.6 cm³/mol. The van der Waals surface area contributed by atoms with Crippen LogP contribution in [0.15, 0.2) is 40.7 Å². The highest BCUT2D eigenvalue weighted by atomic mass is 32.2. The summed E-state index contributed by atoms with van der Waals surface area (Å²) in [7, 11) is -3.24. The highest BCUT2D eigenvalue weighted by molar-refractivity contribution is 7.91. The fourth-order valence-corrected chi connectivity index (χ4v) is 4.45. The van der Waals surface area contributed by atoms with Crippen LogP contribution in [0.1, 0.15) is 37.7 Å². The second kappa shape index (κ2) is 7.04. The topological polar surface area (TPSA) is 59.1 Å². The second-order valence-corrected chi connectivity index (χ2v) is 7.79. The van der Waals surface area contributed by atoms with E-state index in [1.54, 1.807) is 29.7 Å². The number of hydrogen-bond donors (Lipinski definition) is 1. The van der Waals surface area contributed by atoms with Gasteiger partial charge >= 0.3 is 0 Å². The minimum absolute atomic E-state index is 0.0305. The number of rotatable bonds is 7. The molecule has 4 nitrogen and oxygen atoms in total. The van der Waals surface area contributed by atoms with Crippen molar-refractivity contribution >= 4 is 26.9 Å². The molecular formula is C15H20N2O2S2. The largest absolute Gasteiger partial charge is 0.375 e. The average molecular weight is 324 g/mol. The van der Waals surface area contributed by atoms with Crippen LogP contribution in [0.4, 0.5) is 5.69 Å². The SMILES string of the molecule is CCCS(=O)(=O)c1ccccc1NC(CC)c1nccs1. The molecule has 1 unspecified atom stereocenters. The zero-order valence-electron chi connectivity index (χ0n) is 12.2. The lowest BCUT2D eigenvalue weighted by atomic mass is 10.2. The summed E-state index contributed by atoms with van der Waals surface area (Å²) < 4.78 is 24.7. The molecule has 114 valence electrons. The Bertz CT molecular complexity index is 667. The third kappa shape index (κ3) is 3.83. The number of anilines is 1. The van der Waals surface area contributed by atoms with Crippen LogP contribution >= 0.6 is 11.3 Å². The number of thiazole rings is 1. The van der Waals surface area contributed by atoms with E-state index in [-0.39, 0.29) is 11.8 Å². The number of para-hydroxylation sites is 1. The molecule has 1 aromatic heterocycles. The van der Waals surface area contributed by atoms with Crippen LogP contribution in [0.2, 0.25) is 0 Å². The second-order valence-electron chi connectivity index (χ2n) is 4.79. The molecule has 0 saturated carbocycles. The molecule has 0 radical (unpaired) electrons. The number of nitrogens with one attached hydrogen (secondary N) is 1. The van der Waals surface area contributed by atoms with Gasteiger partial charge in [0, 0.05) is 11.6 Å². The first-order valence-electron chi connectivity index (χ1n) is 7.06. The highest BCUT2D eigenvalue weighted by Crippen LogP contribution is 2.29. The zero-order chi connectivity index (χ0) is 15.3. The van der Waals surface area contributed by atoms with Crippen LogP contribution in [-0.4, -0.2) is 19.2 Å². The van der Waals surface area contributed by atoms with Gasteiger partial charge in [-0.2, -0.15) is 0 Å². The first-order chi connectivity index (χ1) is 10.1. The highest BCUT2D eigenvalue weighted by Gasteiger charge is 2.20. The van der Waals surface area contributed by atoms with Crippen LogP contribution in [0.3, 0.4) is 0 Å². The van der Waals surface area contributed by atoms with Crippen molar-refractivity contribution in [3.8, 4) is 0 Å². The average Bonchev–Trinajstić information content (AvgIpc) is 2.99. The maximum atomic E-state index is 12.4. The predicted octanol–water partition coefficient (Wildman–Crippen LogP) is 3.89. The summed E-state index contributed by atoms with van der Waals surface area (Å²) >= 11 is 1.58. The van der Waals surface area contributed by atoms with Crippen molar-refractivity contribution in [2.45, 2.75) is 37.6 Å². The fraction of sp³-hybridized carbons (Fsp3) is 0.400. The van der Waals surface area contributed by atoms with Crippen molar-refractivity contribution in [3.05, 3.63) is 40.8 Å². The number of hydrogen-bond acceptors (Lipinski definition) is 5. The summed E-state index contributed by atoms with van der Waals surface area (Å²) in [6.45, 7) is 3.93. The molecule has 1 atom stereocenters. The van der Waals surface area contributed by atoms with Gasteiger partial charge in [-0.05, 0) is 25.0 Å². The smallest absolute Gasteiger partial charge is 0.180 e. The molecule has 0 aliphatic heterocycles. The van der Waals surface area contributed by atoms with Gasteiger partial charge in [-0.15, -0.1) is 11.3 Å². The lowest BCUT2D eigenvalue weighted by Gasteiger charge is -2.18. The summed E-state index contributed by atoms with van der Waals surface area (Å²) in [4.78, 5) is 4.70. The minimum Gasteiger partial charge on any atom is -0.375 e. The molecule has 1 N–H and O–H groups in total. The molecule has 0 fully saturated rings. The van der Waals surface area contributed by atoms with E-state index in [9.17, 15) is 8.42 Å². The molecule has 1 heterocycles. The van der Waals surface area contributed by atoms with E-state index >= 15 is 0 Å². The Hall–Kier alpha value is -1.40. The summed E-state index contributed by atoms with van der Waals surface area (Å²) in [5.41, 5.74) is 0.660. The lowest BCUT2D eigenvalue weighted by molar-refractivity contribution is 0.594. The summed E-state index contributed by atoms with van der Waals surface area (Å²) in [6, 6.07) is 7.13. The maximum Gasteiger partial charge on any atom is 0.180 e. The third-order valence-corrected chi connectivity index (χ3v) is 6.04. The van der Waals surface area contributed by atoms with E-state index in [1.165, 1.54) is 0 Å². The molecule has 0 amide bonds. The molecule has 0 saturated heterocycles. The first kappa shape index (κ1) is 16.0. The standard InChI is InChI=1S/C15H20N2O2S2/c1-3-11-21(18,19)14-8-6-5-7-13(14)17-12(4-2)15-16-9-10-20-15/h5-10,12,17H,3-4,11H2,1-2H3. The van der Waals surface area contributed by atoms with Crippen LogP contribution in [0, 0.1) is 0 Å². The Balaban J connectivity index is 2.32. The molecule has 0 aliphatic rings. The summed E-state index contributed by atoms with van der Waals surface area (Å²) in [5, 5.41) is 6.24. The molecular weight excluding hydrogens is 304 g/mol. The molecule has 6 heteroatoms. The van der Waals surface area contributed by atoms with Crippen molar-refractivity contribution in [2.75, 3.05) is 11.1 Å². The van der Waals surface area contributed by atoms with Crippen molar-refractivity contribution in [1.29, 1.82) is 0 Å². The Morgan fingerprint density at radius 1 is 1.29 bits per heavy atom. The summed E-state index contributed by atoms with van der Waals surface area (Å²) in [6.07, 6.45) is 3.22. The number of aromatic nitrogens is 1. The van der Waals surface area contributed by atoms with Gasteiger partial charge in [0.2, 0.25) is 0 Å². The van der Waals surface area contributed by atoms with E-state index in [2.05, 4.69) is 17.2 Å². The van der Waals surface area contributed by atoms with Gasteiger partial charge in [0.05, 0.1) is 22.4 Å². The fourth-order valence-electron chi connectivity index (χ4n) is 2.17. The van der Waals surface area contributed by atoms with Crippen LogP contribution in [0.5, 0.6) is 0 Å². The monoisotopic (exact) mass is 324 g/mol. The normalized spacial score (nSPS) is 13.0. The number of sulfone groups is 1. The van der Waals surface area contributed by atoms with Crippen molar-refractivity contribution in [3.63, 3.8) is 0 Å².